The number of carboxylic acids is 1. The second-order valence-corrected chi connectivity index (χ2v) is 5.13. The van der Waals surface area contributed by atoms with Gasteiger partial charge in [0.25, 0.3) is 0 Å². The number of carbonyl (C=O) groups is 3. The molecule has 4 N–H and O–H groups in total. The summed E-state index contributed by atoms with van der Waals surface area (Å²) in [6, 6.07) is -0.955. The van der Waals surface area contributed by atoms with Gasteiger partial charge in [0.2, 0.25) is 11.8 Å². The van der Waals surface area contributed by atoms with Crippen molar-refractivity contribution in [2.24, 2.45) is 5.92 Å². The maximum absolute atomic E-state index is 12.0. The lowest BCUT2D eigenvalue weighted by Crippen LogP contribution is -2.54. The minimum atomic E-state index is -1.11. The zero-order valence-electron chi connectivity index (χ0n) is 11.9. The van der Waals surface area contributed by atoms with Crippen LogP contribution in [0.25, 0.3) is 0 Å². The molecule has 1 fully saturated rings. The average Bonchev–Trinajstić information content (AvgIpc) is 2.95. The standard InChI is InChI=1S/C13H23N3O4/c1-3-8(2)11(13(20)15-7-10(17)18)16-12(19)9-5-4-6-14-9/h8-9,11,14H,3-7H2,1-2H3,(H,15,20)(H,16,19)(H,17,18)/t8-,9-,11-/m0/s1. The Labute approximate surface area is 118 Å². The van der Waals surface area contributed by atoms with Gasteiger partial charge >= 0.3 is 5.97 Å². The van der Waals surface area contributed by atoms with Gasteiger partial charge in [-0.1, -0.05) is 20.3 Å². The molecule has 0 aromatic rings. The van der Waals surface area contributed by atoms with E-state index in [4.69, 9.17) is 5.11 Å². The first kappa shape index (κ1) is 16.4. The number of carbonyl (C=O) groups excluding carboxylic acids is 2. The second kappa shape index (κ2) is 7.84. The van der Waals surface area contributed by atoms with E-state index in [1.165, 1.54) is 0 Å². The Kier molecular flexibility index (Phi) is 6.44. The van der Waals surface area contributed by atoms with E-state index in [-0.39, 0.29) is 17.9 Å². The molecule has 3 atom stereocenters. The van der Waals surface area contributed by atoms with E-state index in [2.05, 4.69) is 16.0 Å². The van der Waals surface area contributed by atoms with Crippen molar-refractivity contribution in [2.75, 3.05) is 13.1 Å². The Bertz CT molecular complexity index is 367. The van der Waals surface area contributed by atoms with Crippen molar-refractivity contribution in [2.45, 2.75) is 45.2 Å². The molecule has 0 bridgehead atoms. The zero-order valence-corrected chi connectivity index (χ0v) is 11.9. The summed E-state index contributed by atoms with van der Waals surface area (Å²) in [5.41, 5.74) is 0. The second-order valence-electron chi connectivity index (χ2n) is 5.13. The summed E-state index contributed by atoms with van der Waals surface area (Å²) in [7, 11) is 0. The van der Waals surface area contributed by atoms with E-state index in [0.717, 1.165) is 19.4 Å². The smallest absolute Gasteiger partial charge is 0.322 e. The van der Waals surface area contributed by atoms with E-state index in [9.17, 15) is 14.4 Å². The Morgan fingerprint density at radius 3 is 2.60 bits per heavy atom. The van der Waals surface area contributed by atoms with Crippen molar-refractivity contribution in [1.82, 2.24) is 16.0 Å². The van der Waals surface area contributed by atoms with Gasteiger partial charge in [0.05, 0.1) is 6.04 Å². The lowest BCUT2D eigenvalue weighted by molar-refractivity contribution is -0.138. The maximum atomic E-state index is 12.0. The molecule has 0 unspecified atom stereocenters. The monoisotopic (exact) mass is 285 g/mol. The predicted octanol–water partition coefficient (Wildman–Crippen LogP) is -0.530. The Balaban J connectivity index is 2.60. The molecule has 1 saturated heterocycles. The third-order valence-electron chi connectivity index (χ3n) is 3.58. The molecule has 7 nitrogen and oxygen atoms in total. The third-order valence-corrected chi connectivity index (χ3v) is 3.58. The van der Waals surface area contributed by atoms with Crippen LogP contribution < -0.4 is 16.0 Å². The van der Waals surface area contributed by atoms with Gasteiger partial charge in [0.1, 0.15) is 12.6 Å². The predicted molar refractivity (Wildman–Crippen MR) is 73.1 cm³/mol. The lowest BCUT2D eigenvalue weighted by Gasteiger charge is -2.24. The fraction of sp³-hybridized carbons (Fsp3) is 0.769. The third kappa shape index (κ3) is 4.80. The molecule has 20 heavy (non-hydrogen) atoms. The van der Waals surface area contributed by atoms with Crippen LogP contribution in [0, 0.1) is 5.92 Å². The van der Waals surface area contributed by atoms with Crippen molar-refractivity contribution in [3.8, 4) is 0 Å². The molecule has 7 heteroatoms. The minimum absolute atomic E-state index is 0.0610. The molecular formula is C13H23N3O4. The van der Waals surface area contributed by atoms with Crippen molar-refractivity contribution >= 4 is 17.8 Å². The van der Waals surface area contributed by atoms with Crippen LogP contribution in [0.1, 0.15) is 33.1 Å². The molecule has 0 aromatic heterocycles. The van der Waals surface area contributed by atoms with Crippen molar-refractivity contribution in [3.05, 3.63) is 0 Å². The van der Waals surface area contributed by atoms with Crippen LogP contribution in [0.2, 0.25) is 0 Å². The van der Waals surface area contributed by atoms with Gasteiger partial charge in [-0.2, -0.15) is 0 Å². The lowest BCUT2D eigenvalue weighted by atomic mass is 9.97. The van der Waals surface area contributed by atoms with Crippen LogP contribution in [0.15, 0.2) is 0 Å². The van der Waals surface area contributed by atoms with Crippen LogP contribution in [0.5, 0.6) is 0 Å². The number of hydrogen-bond donors (Lipinski definition) is 4. The van der Waals surface area contributed by atoms with Crippen LogP contribution in [0.3, 0.4) is 0 Å². The number of carboxylic acid groups (broad SMARTS) is 1. The minimum Gasteiger partial charge on any atom is -0.480 e. The highest BCUT2D eigenvalue weighted by Gasteiger charge is 2.30. The fourth-order valence-corrected chi connectivity index (χ4v) is 2.14. The van der Waals surface area contributed by atoms with Crippen LogP contribution >= 0.6 is 0 Å². The SMILES string of the molecule is CC[C@H](C)[C@H](NC(=O)[C@@H]1CCCN1)C(=O)NCC(=O)O. The quantitative estimate of drug-likeness (QED) is 0.503. The largest absolute Gasteiger partial charge is 0.480 e. The Hall–Kier alpha value is -1.63. The zero-order chi connectivity index (χ0) is 15.1. The topological polar surface area (TPSA) is 108 Å². The van der Waals surface area contributed by atoms with Gasteiger partial charge < -0.3 is 21.1 Å². The summed E-state index contributed by atoms with van der Waals surface area (Å²) in [5, 5.41) is 16.7. The molecule has 0 radical (unpaired) electrons. The molecule has 1 aliphatic rings. The van der Waals surface area contributed by atoms with E-state index in [1.807, 2.05) is 13.8 Å². The van der Waals surface area contributed by atoms with Crippen molar-refractivity contribution in [3.63, 3.8) is 0 Å². The number of hydrogen-bond acceptors (Lipinski definition) is 4. The number of aliphatic carboxylic acids is 1. The Morgan fingerprint density at radius 1 is 1.40 bits per heavy atom. The molecule has 0 aromatic carbocycles. The first-order valence-corrected chi connectivity index (χ1v) is 6.99. The van der Waals surface area contributed by atoms with Crippen LogP contribution in [0.4, 0.5) is 0 Å². The molecule has 0 aliphatic carbocycles. The van der Waals surface area contributed by atoms with Gasteiger partial charge in [0, 0.05) is 0 Å². The summed E-state index contributed by atoms with van der Waals surface area (Å²) >= 11 is 0. The molecule has 1 heterocycles. The van der Waals surface area contributed by atoms with E-state index >= 15 is 0 Å². The molecule has 1 rings (SSSR count). The summed E-state index contributed by atoms with van der Waals surface area (Å²) in [6.07, 6.45) is 2.41. The highest BCUT2D eigenvalue weighted by molar-refractivity contribution is 5.91. The molecule has 0 saturated carbocycles. The van der Waals surface area contributed by atoms with Gasteiger partial charge in [-0.05, 0) is 25.3 Å². The van der Waals surface area contributed by atoms with E-state index in [1.54, 1.807) is 0 Å². The Morgan fingerprint density at radius 2 is 2.10 bits per heavy atom. The average molecular weight is 285 g/mol. The first-order chi connectivity index (χ1) is 9.45. The summed E-state index contributed by atoms with van der Waals surface area (Å²) in [5.74, 6) is -1.81. The number of rotatable bonds is 7. The number of nitrogens with one attached hydrogen (secondary N) is 3. The maximum Gasteiger partial charge on any atom is 0.322 e. The van der Waals surface area contributed by atoms with Crippen molar-refractivity contribution in [1.29, 1.82) is 0 Å². The van der Waals surface area contributed by atoms with Crippen LogP contribution in [-0.2, 0) is 14.4 Å². The van der Waals surface area contributed by atoms with Gasteiger partial charge in [-0.15, -0.1) is 0 Å². The number of amides is 2. The van der Waals surface area contributed by atoms with Gasteiger partial charge in [0.15, 0.2) is 0 Å². The molecule has 1 aliphatic heterocycles. The van der Waals surface area contributed by atoms with Crippen LogP contribution in [-0.4, -0.2) is 48.1 Å². The highest BCUT2D eigenvalue weighted by atomic mass is 16.4. The van der Waals surface area contributed by atoms with Gasteiger partial charge in [-0.25, -0.2) is 0 Å². The molecule has 114 valence electrons. The fourth-order valence-electron chi connectivity index (χ4n) is 2.14. The molecule has 2 amide bonds. The van der Waals surface area contributed by atoms with Crippen molar-refractivity contribution < 1.29 is 19.5 Å². The van der Waals surface area contributed by atoms with Gasteiger partial charge in [-0.3, -0.25) is 14.4 Å². The molecule has 0 spiro atoms. The summed E-state index contributed by atoms with van der Waals surface area (Å²) in [6.45, 7) is 4.14. The van der Waals surface area contributed by atoms with E-state index < -0.39 is 24.5 Å². The molecular weight excluding hydrogens is 262 g/mol. The normalized spacial score (nSPS) is 21.0. The summed E-state index contributed by atoms with van der Waals surface area (Å²) in [4.78, 5) is 34.5. The summed E-state index contributed by atoms with van der Waals surface area (Å²) < 4.78 is 0. The van der Waals surface area contributed by atoms with E-state index in [0.29, 0.717) is 6.42 Å². The first-order valence-electron chi connectivity index (χ1n) is 6.99. The highest BCUT2D eigenvalue weighted by Crippen LogP contribution is 2.10.